The second-order valence-electron chi connectivity index (χ2n) is 6.04. The van der Waals surface area contributed by atoms with Crippen LogP contribution in [0.1, 0.15) is 19.3 Å². The van der Waals surface area contributed by atoms with Crippen molar-refractivity contribution in [2.75, 3.05) is 32.3 Å². The van der Waals surface area contributed by atoms with E-state index >= 15 is 0 Å². The molecule has 10 heteroatoms. The molecule has 1 aromatic carbocycles. The Kier molecular flexibility index (Phi) is 5.35. The molecular formula is C16H21N3O5S2. The van der Waals surface area contributed by atoms with Crippen LogP contribution < -0.4 is 14.8 Å². The molecule has 1 N–H and O–H groups in total. The molecule has 3 rings (SSSR count). The van der Waals surface area contributed by atoms with E-state index in [-0.39, 0.29) is 5.91 Å². The van der Waals surface area contributed by atoms with E-state index in [9.17, 15) is 13.2 Å². The number of nitrogens with zero attached hydrogens (tertiary/aromatic N) is 2. The van der Waals surface area contributed by atoms with Crippen LogP contribution in [0.4, 0.5) is 5.13 Å². The van der Waals surface area contributed by atoms with Crippen LogP contribution in [0.15, 0.2) is 12.1 Å². The van der Waals surface area contributed by atoms with E-state index in [1.54, 1.807) is 26.4 Å². The number of carbonyl (C=O) groups excluding carboxylic acids is 1. The van der Waals surface area contributed by atoms with Crippen LogP contribution in [0.2, 0.25) is 0 Å². The van der Waals surface area contributed by atoms with Gasteiger partial charge in [0.15, 0.2) is 5.13 Å². The fourth-order valence-corrected chi connectivity index (χ4v) is 5.19. The second kappa shape index (κ2) is 7.37. The van der Waals surface area contributed by atoms with Crippen molar-refractivity contribution in [3.63, 3.8) is 0 Å². The van der Waals surface area contributed by atoms with Crippen LogP contribution in [0, 0.1) is 0 Å². The Balaban J connectivity index is 1.89. The molecule has 1 amide bonds. The Bertz CT molecular complexity index is 884. The molecule has 1 aliphatic heterocycles. The van der Waals surface area contributed by atoms with Gasteiger partial charge in [0.05, 0.1) is 20.5 Å². The lowest BCUT2D eigenvalue weighted by Crippen LogP contribution is -2.49. The first-order valence-electron chi connectivity index (χ1n) is 8.14. The maximum absolute atomic E-state index is 12.7. The summed E-state index contributed by atoms with van der Waals surface area (Å²) in [5, 5.41) is 3.14. The van der Waals surface area contributed by atoms with Crippen molar-refractivity contribution in [2.45, 2.75) is 25.3 Å². The Morgan fingerprint density at radius 1 is 1.27 bits per heavy atom. The van der Waals surface area contributed by atoms with Crippen LogP contribution in [0.3, 0.4) is 0 Å². The van der Waals surface area contributed by atoms with E-state index < -0.39 is 16.1 Å². The first kappa shape index (κ1) is 18.9. The van der Waals surface area contributed by atoms with Gasteiger partial charge in [-0.3, -0.25) is 4.79 Å². The lowest BCUT2D eigenvalue weighted by atomic mass is 10.0. The lowest BCUT2D eigenvalue weighted by Gasteiger charge is -2.32. The minimum Gasteiger partial charge on any atom is -0.495 e. The summed E-state index contributed by atoms with van der Waals surface area (Å²) in [6.45, 7) is 0.360. The zero-order valence-electron chi connectivity index (χ0n) is 14.8. The smallest absolute Gasteiger partial charge is 0.244 e. The fourth-order valence-electron chi connectivity index (χ4n) is 3.09. The third-order valence-electron chi connectivity index (χ3n) is 4.32. The SMILES string of the molecule is COc1ccc(OC)c2sc(NC(=O)C3CCCCN3S(C)(=O)=O)nc12. The number of carbonyl (C=O) groups is 1. The Morgan fingerprint density at radius 3 is 2.62 bits per heavy atom. The molecule has 1 unspecified atom stereocenters. The molecule has 0 radical (unpaired) electrons. The van der Waals surface area contributed by atoms with Gasteiger partial charge in [-0.25, -0.2) is 13.4 Å². The molecule has 0 saturated carbocycles. The number of ether oxygens (including phenoxy) is 2. The summed E-state index contributed by atoms with van der Waals surface area (Å²) in [6, 6.07) is 2.81. The number of piperidine rings is 1. The predicted molar refractivity (Wildman–Crippen MR) is 101 cm³/mol. The molecular weight excluding hydrogens is 378 g/mol. The Hall–Kier alpha value is -1.91. The van der Waals surface area contributed by atoms with Gasteiger partial charge >= 0.3 is 0 Å². The van der Waals surface area contributed by atoms with Gasteiger partial charge in [0, 0.05) is 6.54 Å². The van der Waals surface area contributed by atoms with Crippen molar-refractivity contribution >= 4 is 42.6 Å². The van der Waals surface area contributed by atoms with Crippen LogP contribution >= 0.6 is 11.3 Å². The van der Waals surface area contributed by atoms with E-state index in [0.717, 1.165) is 23.8 Å². The monoisotopic (exact) mass is 399 g/mol. The van der Waals surface area contributed by atoms with Gasteiger partial charge in [-0.05, 0) is 25.0 Å². The highest BCUT2D eigenvalue weighted by atomic mass is 32.2. The number of amides is 1. The highest BCUT2D eigenvalue weighted by Gasteiger charge is 2.34. The molecule has 1 aromatic heterocycles. The molecule has 2 heterocycles. The minimum atomic E-state index is -3.44. The number of methoxy groups -OCH3 is 2. The number of anilines is 1. The topological polar surface area (TPSA) is 97.8 Å². The summed E-state index contributed by atoms with van der Waals surface area (Å²) in [7, 11) is -0.336. The summed E-state index contributed by atoms with van der Waals surface area (Å²) in [5.41, 5.74) is 0.593. The van der Waals surface area contributed by atoms with Crippen LogP contribution in [-0.4, -0.2) is 56.7 Å². The molecule has 142 valence electrons. The highest BCUT2D eigenvalue weighted by Crippen LogP contribution is 2.39. The van der Waals surface area contributed by atoms with Crippen LogP contribution in [-0.2, 0) is 14.8 Å². The van der Waals surface area contributed by atoms with Crippen molar-refractivity contribution in [2.24, 2.45) is 0 Å². The van der Waals surface area contributed by atoms with Gasteiger partial charge in [-0.15, -0.1) is 0 Å². The molecule has 1 aliphatic rings. The average molecular weight is 399 g/mol. The Morgan fingerprint density at radius 2 is 1.96 bits per heavy atom. The third-order valence-corrected chi connectivity index (χ3v) is 6.60. The number of thiazole rings is 1. The summed E-state index contributed by atoms with van der Waals surface area (Å²) in [4.78, 5) is 17.1. The standard InChI is InChI=1S/C16H21N3O5S2/c1-23-11-7-8-12(24-2)14-13(11)17-16(25-14)18-15(20)10-6-4-5-9-19(10)26(3,21)22/h7-8,10H,4-6,9H2,1-3H3,(H,17,18,20). The maximum Gasteiger partial charge on any atom is 0.244 e. The molecule has 0 spiro atoms. The first-order valence-corrected chi connectivity index (χ1v) is 10.8. The van der Waals surface area contributed by atoms with Gasteiger partial charge in [-0.1, -0.05) is 17.8 Å². The average Bonchev–Trinajstić information content (AvgIpc) is 3.03. The van der Waals surface area contributed by atoms with Crippen molar-refractivity contribution in [3.05, 3.63) is 12.1 Å². The zero-order chi connectivity index (χ0) is 18.9. The van der Waals surface area contributed by atoms with E-state index in [4.69, 9.17) is 9.47 Å². The van der Waals surface area contributed by atoms with Crippen LogP contribution in [0.25, 0.3) is 10.2 Å². The van der Waals surface area contributed by atoms with Crippen molar-refractivity contribution in [1.29, 1.82) is 0 Å². The number of nitrogens with one attached hydrogen (secondary N) is 1. The van der Waals surface area contributed by atoms with E-state index in [1.807, 2.05) is 0 Å². The number of rotatable bonds is 5. The Labute approximate surface area is 156 Å². The van der Waals surface area contributed by atoms with Gasteiger partial charge in [0.2, 0.25) is 15.9 Å². The van der Waals surface area contributed by atoms with E-state index in [1.165, 1.54) is 15.6 Å². The fraction of sp³-hybridized carbons (Fsp3) is 0.500. The lowest BCUT2D eigenvalue weighted by molar-refractivity contribution is -0.120. The van der Waals surface area contributed by atoms with Gasteiger partial charge in [0.25, 0.3) is 0 Å². The number of fused-ring (bicyclic) bond motifs is 1. The third kappa shape index (κ3) is 3.62. The normalized spacial score (nSPS) is 18.7. The molecule has 1 saturated heterocycles. The van der Waals surface area contributed by atoms with Crippen molar-refractivity contribution in [3.8, 4) is 11.5 Å². The highest BCUT2D eigenvalue weighted by molar-refractivity contribution is 7.88. The number of benzene rings is 1. The summed E-state index contributed by atoms with van der Waals surface area (Å²) in [6.07, 6.45) is 3.19. The van der Waals surface area contributed by atoms with Gasteiger partial charge in [-0.2, -0.15) is 4.31 Å². The first-order chi connectivity index (χ1) is 12.3. The minimum absolute atomic E-state index is 0.360. The summed E-state index contributed by atoms with van der Waals surface area (Å²) < 4.78 is 36.6. The molecule has 8 nitrogen and oxygen atoms in total. The second-order valence-corrected chi connectivity index (χ2v) is 8.98. The van der Waals surface area contributed by atoms with Crippen molar-refractivity contribution in [1.82, 2.24) is 9.29 Å². The number of hydrogen-bond donors (Lipinski definition) is 1. The molecule has 1 fully saturated rings. The molecule has 0 bridgehead atoms. The molecule has 0 aliphatic carbocycles. The summed E-state index contributed by atoms with van der Waals surface area (Å²) in [5.74, 6) is 0.842. The largest absolute Gasteiger partial charge is 0.495 e. The van der Waals surface area contributed by atoms with E-state index in [0.29, 0.717) is 35.1 Å². The molecule has 26 heavy (non-hydrogen) atoms. The predicted octanol–water partition coefficient (Wildman–Crippen LogP) is 2.07. The number of aromatic nitrogens is 1. The van der Waals surface area contributed by atoms with Crippen molar-refractivity contribution < 1.29 is 22.7 Å². The van der Waals surface area contributed by atoms with Gasteiger partial charge < -0.3 is 14.8 Å². The van der Waals surface area contributed by atoms with Gasteiger partial charge in [0.1, 0.15) is 27.8 Å². The maximum atomic E-state index is 12.7. The quantitative estimate of drug-likeness (QED) is 0.827. The molecule has 1 atom stereocenters. The molecule has 2 aromatic rings. The van der Waals surface area contributed by atoms with Crippen LogP contribution in [0.5, 0.6) is 11.5 Å². The zero-order valence-corrected chi connectivity index (χ0v) is 16.4. The summed E-state index contributed by atoms with van der Waals surface area (Å²) >= 11 is 1.26. The van der Waals surface area contributed by atoms with E-state index in [2.05, 4.69) is 10.3 Å². The number of hydrogen-bond acceptors (Lipinski definition) is 7. The number of sulfonamides is 1.